The van der Waals surface area contributed by atoms with Crippen LogP contribution in [-0.2, 0) is 4.79 Å². The first-order valence-corrected chi connectivity index (χ1v) is 11.8. The third-order valence-corrected chi connectivity index (χ3v) is 6.44. The average molecular weight is 449 g/mol. The quantitative estimate of drug-likeness (QED) is 0.449. The summed E-state index contributed by atoms with van der Waals surface area (Å²) in [5.41, 5.74) is 2.42. The Morgan fingerprint density at radius 2 is 2.00 bits per heavy atom. The van der Waals surface area contributed by atoms with E-state index in [4.69, 9.17) is 19.8 Å². The van der Waals surface area contributed by atoms with E-state index < -0.39 is 0 Å². The van der Waals surface area contributed by atoms with Gasteiger partial charge in [-0.1, -0.05) is 6.07 Å². The molecule has 8 nitrogen and oxygen atoms in total. The second kappa shape index (κ2) is 8.66. The van der Waals surface area contributed by atoms with Gasteiger partial charge in [0.1, 0.15) is 11.8 Å². The molecule has 0 spiro atoms. The minimum atomic E-state index is -0.360. The van der Waals surface area contributed by atoms with Gasteiger partial charge < -0.3 is 15.4 Å². The molecule has 1 fully saturated rings. The number of hydrogen-bond donors (Lipinski definition) is 2. The Kier molecular flexibility index (Phi) is 5.57. The summed E-state index contributed by atoms with van der Waals surface area (Å²) in [5.74, 6) is 1.87. The molecule has 32 heavy (non-hydrogen) atoms. The molecule has 4 aromatic rings. The van der Waals surface area contributed by atoms with E-state index >= 15 is 0 Å². The van der Waals surface area contributed by atoms with Crippen molar-refractivity contribution in [3.8, 4) is 17.1 Å². The van der Waals surface area contributed by atoms with Crippen LogP contribution in [0.1, 0.15) is 19.3 Å². The van der Waals surface area contributed by atoms with Crippen molar-refractivity contribution in [3.05, 3.63) is 42.5 Å². The molecule has 0 aliphatic carbocycles. The summed E-state index contributed by atoms with van der Waals surface area (Å²) in [6.45, 7) is 0.707. The van der Waals surface area contributed by atoms with Crippen molar-refractivity contribution in [2.24, 2.45) is 0 Å². The third-order valence-electron chi connectivity index (χ3n) is 5.67. The average Bonchev–Trinajstić information content (AvgIpc) is 3.19. The molecule has 2 aromatic heterocycles. The molecule has 1 atom stereocenters. The minimum absolute atomic E-state index is 0.00816. The van der Waals surface area contributed by atoms with Gasteiger partial charge in [-0.25, -0.2) is 9.97 Å². The highest BCUT2D eigenvalue weighted by Crippen LogP contribution is 2.30. The number of aromatic nitrogens is 4. The number of rotatable bonds is 5. The number of carbonyl (C=O) groups excluding carboxylic acids is 1. The summed E-state index contributed by atoms with van der Waals surface area (Å²) in [7, 11) is 1.64. The van der Waals surface area contributed by atoms with Crippen LogP contribution < -0.4 is 15.4 Å². The van der Waals surface area contributed by atoms with Crippen LogP contribution in [0, 0.1) is 0 Å². The van der Waals surface area contributed by atoms with Crippen LogP contribution in [0.4, 0.5) is 5.95 Å². The number of thioether (sulfide) groups is 1. The van der Waals surface area contributed by atoms with Crippen molar-refractivity contribution >= 4 is 40.2 Å². The second-order valence-electron chi connectivity index (χ2n) is 7.67. The largest absolute Gasteiger partial charge is 0.497 e. The maximum absolute atomic E-state index is 12.6. The summed E-state index contributed by atoms with van der Waals surface area (Å²) in [5, 5.41) is 12.0. The number of nitrogens with one attached hydrogen (secondary N) is 2. The van der Waals surface area contributed by atoms with E-state index in [-0.39, 0.29) is 11.9 Å². The maximum atomic E-state index is 12.6. The van der Waals surface area contributed by atoms with Crippen LogP contribution in [0.15, 0.2) is 47.4 Å². The molecule has 1 unspecified atom stereocenters. The molecule has 164 valence electrons. The van der Waals surface area contributed by atoms with Crippen LogP contribution in [0.3, 0.4) is 0 Å². The van der Waals surface area contributed by atoms with Crippen molar-refractivity contribution in [1.82, 2.24) is 24.9 Å². The monoisotopic (exact) mass is 448 g/mol. The number of ether oxygens (including phenoxy) is 1. The highest BCUT2D eigenvalue weighted by Gasteiger charge is 2.24. The van der Waals surface area contributed by atoms with Crippen LogP contribution >= 0.6 is 11.8 Å². The molecule has 0 bridgehead atoms. The number of nitrogens with zero attached hydrogens (tertiary/aromatic N) is 4. The fraction of sp³-hybridized carbons (Fsp3) is 0.304. The highest BCUT2D eigenvalue weighted by atomic mass is 32.2. The molecule has 1 saturated heterocycles. The summed E-state index contributed by atoms with van der Waals surface area (Å²) >= 11 is 1.63. The number of methoxy groups -OCH3 is 1. The lowest BCUT2D eigenvalue weighted by Gasteiger charge is -2.17. The van der Waals surface area contributed by atoms with Gasteiger partial charge in [0, 0.05) is 22.4 Å². The number of carbonyl (C=O) groups is 1. The van der Waals surface area contributed by atoms with Crippen molar-refractivity contribution < 1.29 is 9.53 Å². The minimum Gasteiger partial charge on any atom is -0.497 e. The van der Waals surface area contributed by atoms with Crippen molar-refractivity contribution in [2.75, 3.05) is 25.2 Å². The Morgan fingerprint density at radius 1 is 1.16 bits per heavy atom. The lowest BCUT2D eigenvalue weighted by atomic mass is 10.1. The fourth-order valence-corrected chi connectivity index (χ4v) is 4.52. The Labute approximate surface area is 189 Å². The standard InChI is InChI=1S/C23H24N6O2S/c1-31-15-11-9-14(10-12-15)20-27-21-16-6-5-8-18(32-2)19(16)26-23(29(21)28-20)25-17-7-3-4-13-24-22(17)30/h5-6,8-12,17H,3-4,7,13H2,1-2H3,(H,24,30)(H,25,26). The Hall–Kier alpha value is -3.33. The van der Waals surface area contributed by atoms with Gasteiger partial charge in [-0.05, 0) is 61.9 Å². The summed E-state index contributed by atoms with van der Waals surface area (Å²) < 4.78 is 6.98. The molecule has 1 amide bonds. The Bertz CT molecular complexity index is 1290. The number of fused-ring (bicyclic) bond motifs is 3. The third kappa shape index (κ3) is 3.73. The first-order valence-electron chi connectivity index (χ1n) is 10.6. The second-order valence-corrected chi connectivity index (χ2v) is 8.52. The molecule has 0 radical (unpaired) electrons. The molecule has 3 heterocycles. The van der Waals surface area contributed by atoms with Gasteiger partial charge in [-0.3, -0.25) is 4.79 Å². The Balaban J connectivity index is 1.67. The summed E-state index contributed by atoms with van der Waals surface area (Å²) in [6, 6.07) is 13.3. The van der Waals surface area contributed by atoms with Gasteiger partial charge >= 0.3 is 0 Å². The molecular formula is C23H24N6O2S. The SMILES string of the molecule is COc1ccc(-c2nc3c4cccc(SC)c4nc(NC4CCCCNC4=O)n3n2)cc1. The van der Waals surface area contributed by atoms with Gasteiger partial charge in [0.2, 0.25) is 11.9 Å². The van der Waals surface area contributed by atoms with Gasteiger partial charge in [0.05, 0.1) is 12.6 Å². The molecule has 9 heteroatoms. The van der Waals surface area contributed by atoms with E-state index in [2.05, 4.69) is 10.6 Å². The fourth-order valence-electron chi connectivity index (χ4n) is 3.96. The van der Waals surface area contributed by atoms with Crippen molar-refractivity contribution in [2.45, 2.75) is 30.2 Å². The molecule has 2 aromatic carbocycles. The lowest BCUT2D eigenvalue weighted by molar-refractivity contribution is -0.121. The van der Waals surface area contributed by atoms with Gasteiger partial charge in [-0.15, -0.1) is 16.9 Å². The van der Waals surface area contributed by atoms with E-state index in [1.165, 1.54) is 0 Å². The number of amides is 1. The number of anilines is 1. The molecule has 0 saturated carbocycles. The zero-order chi connectivity index (χ0) is 22.1. The predicted molar refractivity (Wildman–Crippen MR) is 126 cm³/mol. The molecule has 1 aliphatic rings. The van der Waals surface area contributed by atoms with Crippen LogP contribution in [0.2, 0.25) is 0 Å². The van der Waals surface area contributed by atoms with Gasteiger partial charge in [0.25, 0.3) is 0 Å². The van der Waals surface area contributed by atoms with Crippen LogP contribution in [0.5, 0.6) is 5.75 Å². The van der Waals surface area contributed by atoms with Gasteiger partial charge in [0.15, 0.2) is 11.5 Å². The Morgan fingerprint density at radius 3 is 2.78 bits per heavy atom. The number of hydrogen-bond acceptors (Lipinski definition) is 7. The summed E-state index contributed by atoms with van der Waals surface area (Å²) in [6.07, 6.45) is 4.72. The molecular weight excluding hydrogens is 424 g/mol. The first-order chi connectivity index (χ1) is 15.7. The van der Waals surface area contributed by atoms with E-state index in [0.717, 1.165) is 46.4 Å². The molecule has 2 N–H and O–H groups in total. The van der Waals surface area contributed by atoms with E-state index in [1.807, 2.05) is 48.7 Å². The molecule has 5 rings (SSSR count). The molecule has 1 aliphatic heterocycles. The summed E-state index contributed by atoms with van der Waals surface area (Å²) in [4.78, 5) is 23.4. The van der Waals surface area contributed by atoms with Crippen LogP contribution in [-0.4, -0.2) is 51.4 Å². The first kappa shape index (κ1) is 20.6. The zero-order valence-electron chi connectivity index (χ0n) is 18.0. The normalized spacial score (nSPS) is 16.7. The van der Waals surface area contributed by atoms with E-state index in [1.54, 1.807) is 23.4 Å². The smallest absolute Gasteiger partial charge is 0.242 e. The van der Waals surface area contributed by atoms with Crippen molar-refractivity contribution in [3.63, 3.8) is 0 Å². The lowest BCUT2D eigenvalue weighted by Crippen LogP contribution is -2.38. The predicted octanol–water partition coefficient (Wildman–Crippen LogP) is 3.76. The van der Waals surface area contributed by atoms with Gasteiger partial charge in [-0.2, -0.15) is 4.52 Å². The van der Waals surface area contributed by atoms with Crippen LogP contribution in [0.25, 0.3) is 27.9 Å². The highest BCUT2D eigenvalue weighted by molar-refractivity contribution is 7.98. The van der Waals surface area contributed by atoms with E-state index in [0.29, 0.717) is 24.0 Å². The maximum Gasteiger partial charge on any atom is 0.242 e. The number of benzene rings is 2. The number of para-hydroxylation sites is 1. The topological polar surface area (TPSA) is 93.4 Å². The van der Waals surface area contributed by atoms with Crippen molar-refractivity contribution in [1.29, 1.82) is 0 Å². The zero-order valence-corrected chi connectivity index (χ0v) is 18.8. The van der Waals surface area contributed by atoms with E-state index in [9.17, 15) is 4.79 Å².